The van der Waals surface area contributed by atoms with Gasteiger partial charge in [-0.15, -0.1) is 0 Å². The topological polar surface area (TPSA) is 98.3 Å². The van der Waals surface area contributed by atoms with E-state index in [1.807, 2.05) is 19.9 Å². The molecule has 0 aliphatic carbocycles. The number of carboxylic acids is 1. The van der Waals surface area contributed by atoms with Gasteiger partial charge in [-0.2, -0.15) is 0 Å². The summed E-state index contributed by atoms with van der Waals surface area (Å²) in [5, 5.41) is 9.41. The van der Waals surface area contributed by atoms with E-state index in [0.29, 0.717) is 17.0 Å². The minimum absolute atomic E-state index is 0.0315. The van der Waals surface area contributed by atoms with Gasteiger partial charge in [0.05, 0.1) is 17.5 Å². The van der Waals surface area contributed by atoms with Crippen LogP contribution in [0, 0.1) is 6.92 Å². The van der Waals surface area contributed by atoms with Gasteiger partial charge in [0.15, 0.2) is 0 Å². The van der Waals surface area contributed by atoms with E-state index < -0.39 is 5.97 Å². The number of aryl methyl sites for hydroxylation is 1. The van der Waals surface area contributed by atoms with E-state index in [0.717, 1.165) is 0 Å². The molecule has 6 heteroatoms. The molecule has 0 aliphatic heterocycles. The van der Waals surface area contributed by atoms with Crippen molar-refractivity contribution in [2.24, 2.45) is 0 Å². The summed E-state index contributed by atoms with van der Waals surface area (Å²) in [5.74, 6) is -0.499. The third-order valence-electron chi connectivity index (χ3n) is 2.83. The van der Waals surface area contributed by atoms with E-state index in [-0.39, 0.29) is 23.3 Å². The number of nitrogen functional groups attached to an aromatic ring is 1. The third kappa shape index (κ3) is 3.10. The molecule has 0 saturated carbocycles. The monoisotopic (exact) mass is 287 g/mol. The lowest BCUT2D eigenvalue weighted by atomic mass is 10.0. The standard InChI is InChI=1S/C15H17N3O3/c1-8(2)21-11-7-5-4-6-10(11)13-12(14(19)20)9(3)17-15(16)18-13/h4-8H,1-3H3,(H,19,20)(H2,16,17,18). The lowest BCUT2D eigenvalue weighted by molar-refractivity contribution is 0.0696. The van der Waals surface area contributed by atoms with Gasteiger partial charge in [0.2, 0.25) is 5.95 Å². The summed E-state index contributed by atoms with van der Waals surface area (Å²) in [4.78, 5) is 19.5. The molecule has 0 aliphatic rings. The van der Waals surface area contributed by atoms with Crippen molar-refractivity contribution >= 4 is 11.9 Å². The van der Waals surface area contributed by atoms with Crippen LogP contribution < -0.4 is 10.5 Å². The second-order valence-electron chi connectivity index (χ2n) is 4.86. The molecular formula is C15H17N3O3. The molecule has 0 amide bonds. The van der Waals surface area contributed by atoms with Crippen molar-refractivity contribution < 1.29 is 14.6 Å². The number of aromatic carboxylic acids is 1. The second-order valence-corrected chi connectivity index (χ2v) is 4.86. The summed E-state index contributed by atoms with van der Waals surface area (Å²) in [5.41, 5.74) is 6.87. The van der Waals surface area contributed by atoms with E-state index in [4.69, 9.17) is 10.5 Å². The van der Waals surface area contributed by atoms with E-state index >= 15 is 0 Å². The van der Waals surface area contributed by atoms with Gasteiger partial charge >= 0.3 is 5.97 Å². The molecular weight excluding hydrogens is 270 g/mol. The minimum Gasteiger partial charge on any atom is -0.490 e. The Bertz CT molecular complexity index is 684. The van der Waals surface area contributed by atoms with E-state index in [2.05, 4.69) is 9.97 Å². The number of carboxylic acid groups (broad SMARTS) is 1. The first-order chi connectivity index (χ1) is 9.90. The second kappa shape index (κ2) is 5.78. The highest BCUT2D eigenvalue weighted by atomic mass is 16.5. The first kappa shape index (κ1) is 14.8. The molecule has 0 radical (unpaired) electrons. The number of hydrogen-bond donors (Lipinski definition) is 2. The first-order valence-electron chi connectivity index (χ1n) is 6.53. The molecule has 0 unspecified atom stereocenters. The molecule has 6 nitrogen and oxygen atoms in total. The first-order valence-corrected chi connectivity index (χ1v) is 6.53. The lowest BCUT2D eigenvalue weighted by Crippen LogP contribution is -2.11. The van der Waals surface area contributed by atoms with Crippen LogP contribution in [0.2, 0.25) is 0 Å². The van der Waals surface area contributed by atoms with Crippen LogP contribution in [0.3, 0.4) is 0 Å². The largest absolute Gasteiger partial charge is 0.490 e. The molecule has 1 aromatic carbocycles. The maximum Gasteiger partial charge on any atom is 0.339 e. The Morgan fingerprint density at radius 1 is 1.29 bits per heavy atom. The highest BCUT2D eigenvalue weighted by Crippen LogP contribution is 2.32. The van der Waals surface area contributed by atoms with Gasteiger partial charge in [0, 0.05) is 5.56 Å². The molecule has 1 heterocycles. The molecule has 0 saturated heterocycles. The number of para-hydroxylation sites is 1. The fraction of sp³-hybridized carbons (Fsp3) is 0.267. The van der Waals surface area contributed by atoms with Gasteiger partial charge in [-0.1, -0.05) is 12.1 Å². The van der Waals surface area contributed by atoms with Gasteiger partial charge in [-0.3, -0.25) is 0 Å². The maximum atomic E-state index is 11.5. The zero-order valence-corrected chi connectivity index (χ0v) is 12.1. The van der Waals surface area contributed by atoms with Crippen LogP contribution in [-0.4, -0.2) is 27.1 Å². The fourth-order valence-corrected chi connectivity index (χ4v) is 2.06. The Hall–Kier alpha value is -2.63. The SMILES string of the molecule is Cc1nc(N)nc(-c2ccccc2OC(C)C)c1C(=O)O. The van der Waals surface area contributed by atoms with Crippen molar-refractivity contribution in [1.29, 1.82) is 0 Å². The summed E-state index contributed by atoms with van der Waals surface area (Å²) in [6, 6.07) is 7.14. The van der Waals surface area contributed by atoms with Crippen LogP contribution in [0.25, 0.3) is 11.3 Å². The molecule has 2 rings (SSSR count). The highest BCUT2D eigenvalue weighted by Gasteiger charge is 2.21. The number of ether oxygens (including phenoxy) is 1. The van der Waals surface area contributed by atoms with Gasteiger partial charge < -0.3 is 15.6 Å². The predicted octanol–water partition coefficient (Wildman–Crippen LogP) is 2.52. The number of carbonyl (C=O) groups is 1. The fourth-order valence-electron chi connectivity index (χ4n) is 2.06. The quantitative estimate of drug-likeness (QED) is 0.896. The van der Waals surface area contributed by atoms with Crippen molar-refractivity contribution in [3.05, 3.63) is 35.5 Å². The summed E-state index contributed by atoms with van der Waals surface area (Å²) >= 11 is 0. The smallest absolute Gasteiger partial charge is 0.339 e. The number of rotatable bonds is 4. The van der Waals surface area contributed by atoms with Gasteiger partial charge in [-0.25, -0.2) is 14.8 Å². The molecule has 110 valence electrons. The van der Waals surface area contributed by atoms with Crippen LogP contribution in [0.15, 0.2) is 24.3 Å². The van der Waals surface area contributed by atoms with Gasteiger partial charge in [-0.05, 0) is 32.9 Å². The molecule has 0 fully saturated rings. The summed E-state index contributed by atoms with van der Waals surface area (Å²) in [6.07, 6.45) is -0.0419. The molecule has 1 aromatic heterocycles. The molecule has 0 spiro atoms. The van der Waals surface area contributed by atoms with E-state index in [9.17, 15) is 9.90 Å². The van der Waals surface area contributed by atoms with Crippen molar-refractivity contribution in [3.63, 3.8) is 0 Å². The molecule has 2 aromatic rings. The zero-order valence-electron chi connectivity index (χ0n) is 12.1. The number of hydrogen-bond acceptors (Lipinski definition) is 5. The Kier molecular flexibility index (Phi) is 4.07. The average molecular weight is 287 g/mol. The molecule has 0 atom stereocenters. The highest BCUT2D eigenvalue weighted by molar-refractivity contribution is 5.96. The molecule has 21 heavy (non-hydrogen) atoms. The number of nitrogens with two attached hydrogens (primary N) is 1. The predicted molar refractivity (Wildman–Crippen MR) is 79.3 cm³/mol. The Labute approximate surface area is 122 Å². The molecule has 0 bridgehead atoms. The summed E-state index contributed by atoms with van der Waals surface area (Å²) < 4.78 is 5.72. The number of anilines is 1. The van der Waals surface area contributed by atoms with Gasteiger partial charge in [0.25, 0.3) is 0 Å². The van der Waals surface area contributed by atoms with Crippen LogP contribution in [0.1, 0.15) is 29.9 Å². The number of nitrogens with zero attached hydrogens (tertiary/aromatic N) is 2. The van der Waals surface area contributed by atoms with Crippen molar-refractivity contribution in [3.8, 4) is 17.0 Å². The maximum absolute atomic E-state index is 11.5. The summed E-state index contributed by atoms with van der Waals surface area (Å²) in [6.45, 7) is 5.39. The van der Waals surface area contributed by atoms with Crippen LogP contribution in [0.5, 0.6) is 5.75 Å². The minimum atomic E-state index is -1.10. The van der Waals surface area contributed by atoms with Crippen LogP contribution in [0.4, 0.5) is 5.95 Å². The Morgan fingerprint density at radius 3 is 2.57 bits per heavy atom. The molecule has 3 N–H and O–H groups in total. The third-order valence-corrected chi connectivity index (χ3v) is 2.83. The Morgan fingerprint density at radius 2 is 1.95 bits per heavy atom. The average Bonchev–Trinajstić information content (AvgIpc) is 2.37. The van der Waals surface area contributed by atoms with Gasteiger partial charge in [0.1, 0.15) is 11.3 Å². The lowest BCUT2D eigenvalue weighted by Gasteiger charge is -2.15. The Balaban J connectivity index is 2.70. The van der Waals surface area contributed by atoms with E-state index in [1.54, 1.807) is 25.1 Å². The van der Waals surface area contributed by atoms with Crippen LogP contribution >= 0.6 is 0 Å². The number of aromatic nitrogens is 2. The summed E-state index contributed by atoms with van der Waals surface area (Å²) in [7, 11) is 0. The van der Waals surface area contributed by atoms with E-state index in [1.165, 1.54) is 0 Å². The van der Waals surface area contributed by atoms with Crippen molar-refractivity contribution in [2.45, 2.75) is 26.9 Å². The number of benzene rings is 1. The van der Waals surface area contributed by atoms with Crippen LogP contribution in [-0.2, 0) is 0 Å². The van der Waals surface area contributed by atoms with Crippen molar-refractivity contribution in [2.75, 3.05) is 5.73 Å². The normalized spacial score (nSPS) is 10.7. The van der Waals surface area contributed by atoms with Crippen molar-refractivity contribution in [1.82, 2.24) is 9.97 Å². The zero-order chi connectivity index (χ0) is 15.6.